The van der Waals surface area contributed by atoms with Crippen molar-refractivity contribution in [2.24, 2.45) is 0 Å². The van der Waals surface area contributed by atoms with E-state index in [1.807, 2.05) is 0 Å². The van der Waals surface area contributed by atoms with E-state index in [0.717, 1.165) is 0 Å². The van der Waals surface area contributed by atoms with E-state index < -0.39 is 4.84 Å². The molecule has 0 nitrogen and oxygen atoms in total. The average molecular weight is 230 g/mol. The minimum atomic E-state index is -0.597. The normalized spacial score (nSPS) is 10.6. The lowest BCUT2D eigenvalue weighted by molar-refractivity contribution is 1.35. The van der Waals surface area contributed by atoms with E-state index in [1.54, 1.807) is 18.2 Å². The van der Waals surface area contributed by atoms with Crippen molar-refractivity contribution in [3.8, 4) is 0 Å². The van der Waals surface area contributed by atoms with Crippen LogP contribution < -0.4 is 0 Å². The monoisotopic (exact) mass is 228 g/mol. The molecule has 60 valence electrons. The second-order valence-electron chi connectivity index (χ2n) is 1.97. The second kappa shape index (κ2) is 3.86. The smallest absolute Gasteiger partial charge is 0.100 e. The molecule has 0 radical (unpaired) electrons. The topological polar surface area (TPSA) is 0 Å². The highest BCUT2D eigenvalue weighted by molar-refractivity contribution is 6.45. The fraction of sp³-hybridized carbons (Fsp3) is 0.143. The van der Waals surface area contributed by atoms with Gasteiger partial charge in [0, 0.05) is 15.6 Å². The third-order valence-electron chi connectivity index (χ3n) is 1.20. The molecular weight excluding hydrogens is 226 g/mol. The van der Waals surface area contributed by atoms with Crippen LogP contribution >= 0.6 is 46.4 Å². The van der Waals surface area contributed by atoms with Gasteiger partial charge in [-0.1, -0.05) is 29.3 Å². The van der Waals surface area contributed by atoms with Crippen LogP contribution in [0.25, 0.3) is 0 Å². The van der Waals surface area contributed by atoms with Gasteiger partial charge in [-0.3, -0.25) is 0 Å². The first-order valence-electron chi connectivity index (χ1n) is 2.84. The van der Waals surface area contributed by atoms with Crippen LogP contribution in [0.1, 0.15) is 10.4 Å². The van der Waals surface area contributed by atoms with Gasteiger partial charge in [0.1, 0.15) is 4.84 Å². The lowest BCUT2D eigenvalue weighted by atomic mass is 10.2. The van der Waals surface area contributed by atoms with Crippen molar-refractivity contribution in [1.29, 1.82) is 0 Å². The van der Waals surface area contributed by atoms with Crippen LogP contribution in [-0.2, 0) is 0 Å². The summed E-state index contributed by atoms with van der Waals surface area (Å²) in [6.45, 7) is 0. The van der Waals surface area contributed by atoms with Gasteiger partial charge in [-0.15, -0.1) is 23.2 Å². The van der Waals surface area contributed by atoms with Gasteiger partial charge in [0.25, 0.3) is 0 Å². The molecule has 0 unspecified atom stereocenters. The molecule has 0 aliphatic rings. The average Bonchev–Trinajstić information content (AvgIpc) is 1.85. The molecule has 0 amide bonds. The molecule has 0 saturated carbocycles. The summed E-state index contributed by atoms with van der Waals surface area (Å²) in [6, 6.07) is 5.01. The molecule has 1 aromatic rings. The lowest BCUT2D eigenvalue weighted by Crippen LogP contribution is -1.82. The highest BCUT2D eigenvalue weighted by atomic mass is 35.5. The van der Waals surface area contributed by atoms with E-state index in [2.05, 4.69) is 0 Å². The lowest BCUT2D eigenvalue weighted by Gasteiger charge is -2.03. The summed E-state index contributed by atoms with van der Waals surface area (Å²) in [7, 11) is 0. The summed E-state index contributed by atoms with van der Waals surface area (Å²) >= 11 is 22.6. The Hall–Kier alpha value is 0.380. The molecule has 0 spiro atoms. The van der Waals surface area contributed by atoms with Gasteiger partial charge in [-0.25, -0.2) is 0 Å². The summed E-state index contributed by atoms with van der Waals surface area (Å²) < 4.78 is 0. The predicted molar refractivity (Wildman–Crippen MR) is 50.9 cm³/mol. The van der Waals surface area contributed by atoms with Crippen molar-refractivity contribution in [3.63, 3.8) is 0 Å². The van der Waals surface area contributed by atoms with Gasteiger partial charge >= 0.3 is 0 Å². The van der Waals surface area contributed by atoms with Gasteiger partial charge in [0.15, 0.2) is 0 Å². The molecule has 0 N–H and O–H groups in total. The SMILES string of the molecule is Clc1ccc(C(Cl)Cl)c(Cl)c1. The van der Waals surface area contributed by atoms with Crippen LogP contribution in [0.5, 0.6) is 0 Å². The van der Waals surface area contributed by atoms with E-state index in [9.17, 15) is 0 Å². The molecule has 0 fully saturated rings. The van der Waals surface area contributed by atoms with E-state index in [1.165, 1.54) is 0 Å². The highest BCUT2D eigenvalue weighted by Gasteiger charge is 2.07. The molecule has 0 atom stereocenters. The van der Waals surface area contributed by atoms with Crippen molar-refractivity contribution in [3.05, 3.63) is 33.8 Å². The number of rotatable bonds is 1. The summed E-state index contributed by atoms with van der Waals surface area (Å²) in [6.07, 6.45) is 0. The van der Waals surface area contributed by atoms with Crippen molar-refractivity contribution in [2.45, 2.75) is 4.84 Å². The number of hydrogen-bond donors (Lipinski definition) is 0. The Kier molecular flexibility index (Phi) is 3.32. The zero-order valence-corrected chi connectivity index (χ0v) is 8.34. The Bertz CT molecular complexity index is 257. The Balaban J connectivity index is 3.09. The number of benzene rings is 1. The van der Waals surface area contributed by atoms with Crippen molar-refractivity contribution >= 4 is 46.4 Å². The fourth-order valence-electron chi connectivity index (χ4n) is 0.678. The van der Waals surface area contributed by atoms with Crippen molar-refractivity contribution in [1.82, 2.24) is 0 Å². The van der Waals surface area contributed by atoms with Gasteiger partial charge in [0.05, 0.1) is 0 Å². The summed E-state index contributed by atoms with van der Waals surface area (Å²) in [5, 5.41) is 1.07. The van der Waals surface area contributed by atoms with Crippen molar-refractivity contribution in [2.75, 3.05) is 0 Å². The third-order valence-corrected chi connectivity index (χ3v) is 2.23. The Morgan fingerprint density at radius 1 is 1.09 bits per heavy atom. The highest BCUT2D eigenvalue weighted by Crippen LogP contribution is 2.32. The minimum Gasteiger partial charge on any atom is -0.100 e. The maximum atomic E-state index is 5.77. The summed E-state index contributed by atoms with van der Waals surface area (Å²) in [5.41, 5.74) is 0.680. The molecule has 0 aliphatic carbocycles. The maximum Gasteiger partial charge on any atom is 0.134 e. The van der Waals surface area contributed by atoms with Crippen LogP contribution in [0.2, 0.25) is 10.0 Å². The third kappa shape index (κ3) is 2.41. The zero-order valence-electron chi connectivity index (χ0n) is 5.32. The van der Waals surface area contributed by atoms with Gasteiger partial charge in [-0.05, 0) is 12.1 Å². The van der Waals surface area contributed by atoms with E-state index in [4.69, 9.17) is 46.4 Å². The van der Waals surface area contributed by atoms with Crippen LogP contribution in [0, 0.1) is 0 Å². The minimum absolute atomic E-state index is 0.493. The quantitative estimate of drug-likeness (QED) is 0.624. The molecule has 0 heterocycles. The molecular formula is C7H4Cl4. The first-order chi connectivity index (χ1) is 5.11. The van der Waals surface area contributed by atoms with Gasteiger partial charge in [0.2, 0.25) is 0 Å². The molecule has 11 heavy (non-hydrogen) atoms. The first kappa shape index (κ1) is 9.47. The molecule has 0 saturated heterocycles. The number of halogens is 4. The van der Waals surface area contributed by atoms with Crippen molar-refractivity contribution < 1.29 is 0 Å². The van der Waals surface area contributed by atoms with Crippen LogP contribution in [0.3, 0.4) is 0 Å². The first-order valence-corrected chi connectivity index (χ1v) is 4.47. The molecule has 1 aromatic carbocycles. The largest absolute Gasteiger partial charge is 0.134 e. The van der Waals surface area contributed by atoms with E-state index >= 15 is 0 Å². The van der Waals surface area contributed by atoms with Crippen LogP contribution in [0.4, 0.5) is 0 Å². The van der Waals surface area contributed by atoms with Gasteiger partial charge in [-0.2, -0.15) is 0 Å². The molecule has 1 rings (SSSR count). The van der Waals surface area contributed by atoms with Crippen LogP contribution in [0.15, 0.2) is 18.2 Å². The Morgan fingerprint density at radius 3 is 2.18 bits per heavy atom. The fourth-order valence-corrected chi connectivity index (χ4v) is 1.69. The summed E-state index contributed by atoms with van der Waals surface area (Å²) in [5.74, 6) is 0. The van der Waals surface area contributed by atoms with E-state index in [0.29, 0.717) is 15.6 Å². The number of hydrogen-bond acceptors (Lipinski definition) is 0. The standard InChI is InChI=1S/C7H4Cl4/c8-4-1-2-5(7(10)11)6(9)3-4/h1-3,7H. The predicted octanol–water partition coefficient (Wildman–Crippen LogP) is 4.47. The zero-order chi connectivity index (χ0) is 8.43. The Morgan fingerprint density at radius 2 is 1.73 bits per heavy atom. The molecule has 0 aliphatic heterocycles. The molecule has 0 aromatic heterocycles. The maximum absolute atomic E-state index is 5.77. The Labute approximate surface area is 85.0 Å². The summed E-state index contributed by atoms with van der Waals surface area (Å²) in [4.78, 5) is -0.597. The van der Waals surface area contributed by atoms with Gasteiger partial charge < -0.3 is 0 Å². The molecule has 4 heteroatoms. The van der Waals surface area contributed by atoms with E-state index in [-0.39, 0.29) is 0 Å². The number of alkyl halides is 2. The van der Waals surface area contributed by atoms with Crippen LogP contribution in [-0.4, -0.2) is 0 Å². The molecule has 0 bridgehead atoms. The second-order valence-corrected chi connectivity index (χ2v) is 3.91.